The molecule has 0 bridgehead atoms. The van der Waals surface area contributed by atoms with Gasteiger partial charge in [-0.05, 0) is 26.0 Å². The van der Waals surface area contributed by atoms with Crippen LogP contribution in [0.25, 0.3) is 0 Å². The third-order valence-electron chi connectivity index (χ3n) is 3.18. The highest BCUT2D eigenvalue weighted by atomic mass is 16.6. The van der Waals surface area contributed by atoms with Crippen molar-refractivity contribution in [2.24, 2.45) is 0 Å². The molecule has 2 rings (SSSR count). The zero-order valence-corrected chi connectivity index (χ0v) is 11.4. The summed E-state index contributed by atoms with van der Waals surface area (Å²) < 4.78 is 5.57. The second kappa shape index (κ2) is 5.46. The third-order valence-corrected chi connectivity index (χ3v) is 3.18. The standard InChI is InChI=1S/C13H17N3O4/c1-8-6-15(7-9(2)20-8)13(17)10-3-4-12(16(18)19)11(14)5-10/h3-5,8-9H,6-7,14H2,1-2H3/t8-,9+. The summed E-state index contributed by atoms with van der Waals surface area (Å²) in [6, 6.07) is 4.04. The van der Waals surface area contributed by atoms with E-state index >= 15 is 0 Å². The molecular formula is C13H17N3O4. The van der Waals surface area contributed by atoms with Gasteiger partial charge in [0.25, 0.3) is 11.6 Å². The maximum absolute atomic E-state index is 12.4. The van der Waals surface area contributed by atoms with Crippen LogP contribution in [0, 0.1) is 10.1 Å². The molecule has 1 aromatic carbocycles. The number of benzene rings is 1. The van der Waals surface area contributed by atoms with Crippen LogP contribution in [0.1, 0.15) is 24.2 Å². The number of morpholine rings is 1. The lowest BCUT2D eigenvalue weighted by Gasteiger charge is -2.35. The van der Waals surface area contributed by atoms with E-state index in [9.17, 15) is 14.9 Å². The summed E-state index contributed by atoms with van der Waals surface area (Å²) in [7, 11) is 0. The Bertz CT molecular complexity index is 536. The average molecular weight is 279 g/mol. The van der Waals surface area contributed by atoms with E-state index in [0.29, 0.717) is 18.7 Å². The number of nitro groups is 1. The Kier molecular flexibility index (Phi) is 3.89. The first kappa shape index (κ1) is 14.3. The minimum atomic E-state index is -0.567. The van der Waals surface area contributed by atoms with Crippen LogP contribution in [-0.2, 0) is 4.74 Å². The zero-order chi connectivity index (χ0) is 14.9. The highest BCUT2D eigenvalue weighted by molar-refractivity contribution is 5.95. The highest BCUT2D eigenvalue weighted by Crippen LogP contribution is 2.23. The molecule has 0 saturated carbocycles. The molecule has 1 heterocycles. The highest BCUT2D eigenvalue weighted by Gasteiger charge is 2.27. The molecule has 2 N–H and O–H groups in total. The summed E-state index contributed by atoms with van der Waals surface area (Å²) in [5, 5.41) is 10.7. The smallest absolute Gasteiger partial charge is 0.292 e. The predicted octanol–water partition coefficient (Wildman–Crippen LogP) is 1.43. The number of nitrogens with two attached hydrogens (primary N) is 1. The SMILES string of the molecule is C[C@@H]1CN(C(=O)c2ccc([N+](=O)[O-])c(N)c2)C[C@H](C)O1. The number of amides is 1. The van der Waals surface area contributed by atoms with Gasteiger partial charge in [-0.15, -0.1) is 0 Å². The fourth-order valence-electron chi connectivity index (χ4n) is 2.38. The summed E-state index contributed by atoms with van der Waals surface area (Å²) in [4.78, 5) is 24.2. The fourth-order valence-corrected chi connectivity index (χ4v) is 2.38. The predicted molar refractivity (Wildman–Crippen MR) is 73.4 cm³/mol. The lowest BCUT2D eigenvalue weighted by atomic mass is 10.1. The van der Waals surface area contributed by atoms with Crippen molar-refractivity contribution in [1.82, 2.24) is 4.90 Å². The molecule has 108 valence electrons. The van der Waals surface area contributed by atoms with Crippen LogP contribution in [0.2, 0.25) is 0 Å². The van der Waals surface area contributed by atoms with Crippen molar-refractivity contribution in [2.45, 2.75) is 26.1 Å². The summed E-state index contributed by atoms with van der Waals surface area (Å²) in [6.07, 6.45) is -0.0591. The van der Waals surface area contributed by atoms with Crippen molar-refractivity contribution in [3.63, 3.8) is 0 Å². The first-order valence-electron chi connectivity index (χ1n) is 6.37. The van der Waals surface area contributed by atoms with Gasteiger partial charge in [0.1, 0.15) is 5.69 Å². The van der Waals surface area contributed by atoms with Crippen LogP contribution < -0.4 is 5.73 Å². The summed E-state index contributed by atoms with van der Waals surface area (Å²) in [6.45, 7) is 4.81. The minimum Gasteiger partial charge on any atom is -0.393 e. The fraction of sp³-hybridized carbons (Fsp3) is 0.462. The molecule has 1 saturated heterocycles. The molecule has 1 aromatic rings. The molecule has 0 aliphatic carbocycles. The lowest BCUT2D eigenvalue weighted by molar-refractivity contribution is -0.383. The Morgan fingerprint density at radius 2 is 2.00 bits per heavy atom. The number of carbonyl (C=O) groups is 1. The Balaban J connectivity index is 2.21. The van der Waals surface area contributed by atoms with Crippen LogP contribution in [0.5, 0.6) is 0 Å². The number of anilines is 1. The quantitative estimate of drug-likeness (QED) is 0.501. The average Bonchev–Trinajstić information content (AvgIpc) is 2.36. The summed E-state index contributed by atoms with van der Waals surface area (Å²) in [5.74, 6) is -0.186. The monoisotopic (exact) mass is 279 g/mol. The van der Waals surface area contributed by atoms with Crippen LogP contribution in [0.15, 0.2) is 18.2 Å². The maximum atomic E-state index is 12.4. The van der Waals surface area contributed by atoms with E-state index in [1.807, 2.05) is 13.8 Å². The molecule has 0 unspecified atom stereocenters. The Hall–Kier alpha value is -2.15. The molecule has 1 fully saturated rings. The van der Waals surface area contributed by atoms with E-state index < -0.39 is 4.92 Å². The number of rotatable bonds is 2. The number of hydrogen-bond acceptors (Lipinski definition) is 5. The van der Waals surface area contributed by atoms with Gasteiger partial charge in [-0.2, -0.15) is 0 Å². The molecule has 0 spiro atoms. The van der Waals surface area contributed by atoms with Crippen LogP contribution >= 0.6 is 0 Å². The van der Waals surface area contributed by atoms with E-state index in [4.69, 9.17) is 10.5 Å². The van der Waals surface area contributed by atoms with Crippen molar-refractivity contribution in [2.75, 3.05) is 18.8 Å². The summed E-state index contributed by atoms with van der Waals surface area (Å²) in [5.41, 5.74) is 5.77. The molecule has 7 heteroatoms. The first-order chi connectivity index (χ1) is 9.38. The molecule has 1 amide bonds. The van der Waals surface area contributed by atoms with E-state index in [1.165, 1.54) is 18.2 Å². The molecule has 1 aliphatic heterocycles. The molecule has 1 aliphatic rings. The van der Waals surface area contributed by atoms with Crippen molar-refractivity contribution in [3.8, 4) is 0 Å². The van der Waals surface area contributed by atoms with E-state index in [2.05, 4.69) is 0 Å². The van der Waals surface area contributed by atoms with Gasteiger partial charge < -0.3 is 15.4 Å². The maximum Gasteiger partial charge on any atom is 0.292 e. The van der Waals surface area contributed by atoms with Crippen LogP contribution in [0.4, 0.5) is 11.4 Å². The second-order valence-corrected chi connectivity index (χ2v) is 5.00. The second-order valence-electron chi connectivity index (χ2n) is 5.00. The topological polar surface area (TPSA) is 98.7 Å². The third kappa shape index (κ3) is 2.88. The van der Waals surface area contributed by atoms with Gasteiger partial charge in [-0.25, -0.2) is 0 Å². The minimum absolute atomic E-state index is 0.00444. The number of hydrogen-bond donors (Lipinski definition) is 1. The Morgan fingerprint density at radius 1 is 1.40 bits per heavy atom. The Labute approximate surface area is 116 Å². The van der Waals surface area contributed by atoms with E-state index in [0.717, 1.165) is 0 Å². The Morgan fingerprint density at radius 3 is 2.50 bits per heavy atom. The van der Waals surface area contributed by atoms with Crippen LogP contribution in [0.3, 0.4) is 0 Å². The van der Waals surface area contributed by atoms with Gasteiger partial charge in [0.05, 0.1) is 17.1 Å². The van der Waals surface area contributed by atoms with Gasteiger partial charge >= 0.3 is 0 Å². The van der Waals surface area contributed by atoms with Crippen molar-refractivity contribution < 1.29 is 14.5 Å². The molecular weight excluding hydrogens is 262 g/mol. The molecule has 20 heavy (non-hydrogen) atoms. The van der Waals surface area contributed by atoms with Crippen LogP contribution in [-0.4, -0.2) is 41.0 Å². The van der Waals surface area contributed by atoms with Gasteiger partial charge in [0.15, 0.2) is 0 Å². The molecule has 2 atom stereocenters. The number of ether oxygens (including phenoxy) is 1. The van der Waals surface area contributed by atoms with Crippen molar-refractivity contribution in [3.05, 3.63) is 33.9 Å². The summed E-state index contributed by atoms with van der Waals surface area (Å²) >= 11 is 0. The largest absolute Gasteiger partial charge is 0.393 e. The normalized spacial score (nSPS) is 22.6. The number of nitrogens with zero attached hydrogens (tertiary/aromatic N) is 2. The molecule has 0 radical (unpaired) electrons. The zero-order valence-electron chi connectivity index (χ0n) is 11.4. The van der Waals surface area contributed by atoms with Gasteiger partial charge in [-0.1, -0.05) is 0 Å². The van der Waals surface area contributed by atoms with E-state index in [1.54, 1.807) is 4.90 Å². The van der Waals surface area contributed by atoms with Crippen molar-refractivity contribution in [1.29, 1.82) is 0 Å². The molecule has 7 nitrogen and oxygen atoms in total. The first-order valence-corrected chi connectivity index (χ1v) is 6.37. The number of nitro benzene ring substituents is 1. The number of carbonyl (C=O) groups excluding carboxylic acids is 1. The van der Waals surface area contributed by atoms with E-state index in [-0.39, 0.29) is 29.5 Å². The van der Waals surface area contributed by atoms with Gasteiger partial charge in [0.2, 0.25) is 0 Å². The number of nitrogen functional groups attached to an aromatic ring is 1. The van der Waals surface area contributed by atoms with Crippen molar-refractivity contribution >= 4 is 17.3 Å². The lowest BCUT2D eigenvalue weighted by Crippen LogP contribution is -2.48. The van der Waals surface area contributed by atoms with Gasteiger partial charge in [0, 0.05) is 24.7 Å². The van der Waals surface area contributed by atoms with Gasteiger partial charge in [-0.3, -0.25) is 14.9 Å². The molecule has 0 aromatic heterocycles.